The van der Waals surface area contributed by atoms with E-state index in [0.717, 1.165) is 49.1 Å². The number of hydrogen-bond acceptors (Lipinski definition) is 3. The number of rotatable bonds is 5. The standard InChI is InChI=1S/C18H20FN3/c1-13(2)16-7-6-14(21-22-16)8-11-18(9-4-10-18)17-15(19)5-3-12-20-17/h3,5-7,12H,1,4,8-11H2,2H3. The lowest BCUT2D eigenvalue weighted by atomic mass is 9.63. The molecule has 0 saturated heterocycles. The van der Waals surface area contributed by atoms with Crippen LogP contribution in [-0.4, -0.2) is 15.2 Å². The lowest BCUT2D eigenvalue weighted by Crippen LogP contribution is -2.36. The van der Waals surface area contributed by atoms with Crippen LogP contribution < -0.4 is 0 Å². The van der Waals surface area contributed by atoms with E-state index in [9.17, 15) is 4.39 Å². The molecular weight excluding hydrogens is 277 g/mol. The summed E-state index contributed by atoms with van der Waals surface area (Å²) in [5.74, 6) is -0.189. The molecule has 4 heteroatoms. The third-order valence-corrected chi connectivity index (χ3v) is 4.59. The van der Waals surface area contributed by atoms with Crippen LogP contribution in [-0.2, 0) is 11.8 Å². The predicted octanol–water partition coefficient (Wildman–Crippen LogP) is 4.10. The number of allylic oxidation sites excluding steroid dienone is 1. The highest BCUT2D eigenvalue weighted by atomic mass is 19.1. The zero-order chi connectivity index (χ0) is 15.6. The van der Waals surface area contributed by atoms with Gasteiger partial charge in [-0.2, -0.15) is 10.2 Å². The van der Waals surface area contributed by atoms with Gasteiger partial charge in [0.15, 0.2) is 0 Å². The fraction of sp³-hybridized carbons (Fsp3) is 0.389. The highest BCUT2D eigenvalue weighted by Crippen LogP contribution is 2.46. The van der Waals surface area contributed by atoms with Gasteiger partial charge in [0.1, 0.15) is 5.82 Å². The van der Waals surface area contributed by atoms with Gasteiger partial charge in [0, 0.05) is 11.6 Å². The molecule has 1 aliphatic carbocycles. The number of aryl methyl sites for hydroxylation is 1. The summed E-state index contributed by atoms with van der Waals surface area (Å²) in [7, 11) is 0. The van der Waals surface area contributed by atoms with E-state index < -0.39 is 0 Å². The number of nitrogens with zero attached hydrogens (tertiary/aromatic N) is 3. The van der Waals surface area contributed by atoms with Crippen molar-refractivity contribution in [2.24, 2.45) is 0 Å². The van der Waals surface area contributed by atoms with Crippen molar-refractivity contribution in [2.75, 3.05) is 0 Å². The summed E-state index contributed by atoms with van der Waals surface area (Å²) in [5, 5.41) is 8.43. The highest BCUT2D eigenvalue weighted by Gasteiger charge is 2.41. The molecule has 2 aromatic heterocycles. The van der Waals surface area contributed by atoms with Crippen LogP contribution in [0.5, 0.6) is 0 Å². The lowest BCUT2D eigenvalue weighted by Gasteiger charge is -2.41. The summed E-state index contributed by atoms with van der Waals surface area (Å²) < 4.78 is 14.1. The molecule has 0 aromatic carbocycles. The molecule has 2 aromatic rings. The molecule has 0 bridgehead atoms. The SMILES string of the molecule is C=C(C)c1ccc(CCC2(c3ncccc3F)CCC2)nn1. The van der Waals surface area contributed by atoms with Crippen LogP contribution in [0.2, 0.25) is 0 Å². The molecule has 0 aliphatic heterocycles. The van der Waals surface area contributed by atoms with Gasteiger partial charge in [0.05, 0.1) is 17.1 Å². The van der Waals surface area contributed by atoms with E-state index >= 15 is 0 Å². The van der Waals surface area contributed by atoms with Crippen LogP contribution in [0.15, 0.2) is 37.0 Å². The summed E-state index contributed by atoms with van der Waals surface area (Å²) in [6, 6.07) is 7.08. The molecule has 0 radical (unpaired) electrons. The maximum atomic E-state index is 14.1. The minimum Gasteiger partial charge on any atom is -0.258 e. The predicted molar refractivity (Wildman–Crippen MR) is 84.8 cm³/mol. The Hall–Kier alpha value is -2.10. The Bertz CT molecular complexity index is 675. The zero-order valence-corrected chi connectivity index (χ0v) is 12.8. The quantitative estimate of drug-likeness (QED) is 0.834. The van der Waals surface area contributed by atoms with Gasteiger partial charge in [-0.25, -0.2) is 4.39 Å². The third kappa shape index (κ3) is 2.78. The number of pyridine rings is 1. The number of aromatic nitrogens is 3. The molecule has 0 amide bonds. The third-order valence-electron chi connectivity index (χ3n) is 4.59. The Balaban J connectivity index is 1.74. The summed E-state index contributed by atoms with van der Waals surface area (Å²) in [4.78, 5) is 4.30. The lowest BCUT2D eigenvalue weighted by molar-refractivity contribution is 0.210. The van der Waals surface area contributed by atoms with Crippen molar-refractivity contribution in [3.63, 3.8) is 0 Å². The van der Waals surface area contributed by atoms with Gasteiger partial charge in [-0.15, -0.1) is 0 Å². The van der Waals surface area contributed by atoms with E-state index in [-0.39, 0.29) is 11.2 Å². The summed E-state index contributed by atoms with van der Waals surface area (Å²) in [6.07, 6.45) is 6.47. The first kappa shape index (κ1) is 14.8. The van der Waals surface area contributed by atoms with Crippen molar-refractivity contribution in [1.82, 2.24) is 15.2 Å². The van der Waals surface area contributed by atoms with Crippen molar-refractivity contribution < 1.29 is 4.39 Å². The Kier molecular flexibility index (Phi) is 4.01. The fourth-order valence-corrected chi connectivity index (χ4v) is 3.07. The van der Waals surface area contributed by atoms with Gasteiger partial charge in [-0.1, -0.05) is 13.0 Å². The topological polar surface area (TPSA) is 38.7 Å². The molecule has 1 aliphatic rings. The zero-order valence-electron chi connectivity index (χ0n) is 12.8. The van der Waals surface area contributed by atoms with E-state index in [2.05, 4.69) is 21.8 Å². The first-order chi connectivity index (χ1) is 10.6. The van der Waals surface area contributed by atoms with Crippen molar-refractivity contribution in [3.8, 4) is 0 Å². The molecule has 2 heterocycles. The van der Waals surface area contributed by atoms with Crippen molar-refractivity contribution in [3.05, 3.63) is 59.9 Å². The maximum absolute atomic E-state index is 14.1. The van der Waals surface area contributed by atoms with Gasteiger partial charge < -0.3 is 0 Å². The Labute approximate surface area is 130 Å². The van der Waals surface area contributed by atoms with E-state index in [1.54, 1.807) is 12.3 Å². The number of hydrogen-bond donors (Lipinski definition) is 0. The Morgan fingerprint density at radius 1 is 1.27 bits per heavy atom. The number of halogens is 1. The molecule has 0 unspecified atom stereocenters. The fourth-order valence-electron chi connectivity index (χ4n) is 3.07. The molecule has 3 nitrogen and oxygen atoms in total. The summed E-state index contributed by atoms with van der Waals surface area (Å²) in [5.41, 5.74) is 3.16. The molecule has 0 N–H and O–H groups in total. The monoisotopic (exact) mass is 297 g/mol. The van der Waals surface area contributed by atoms with Crippen LogP contribution in [0.4, 0.5) is 4.39 Å². The van der Waals surface area contributed by atoms with Crippen LogP contribution in [0.25, 0.3) is 5.57 Å². The molecular formula is C18H20FN3. The van der Waals surface area contributed by atoms with E-state index in [0.29, 0.717) is 5.69 Å². The average molecular weight is 297 g/mol. The Morgan fingerprint density at radius 3 is 2.64 bits per heavy atom. The van der Waals surface area contributed by atoms with Crippen molar-refractivity contribution in [1.29, 1.82) is 0 Å². The van der Waals surface area contributed by atoms with Gasteiger partial charge >= 0.3 is 0 Å². The van der Waals surface area contributed by atoms with Gasteiger partial charge in [0.2, 0.25) is 0 Å². The molecule has 3 rings (SSSR count). The minimum atomic E-state index is -0.189. The summed E-state index contributed by atoms with van der Waals surface area (Å²) in [6.45, 7) is 5.77. The van der Waals surface area contributed by atoms with Gasteiger partial charge in [0.25, 0.3) is 0 Å². The minimum absolute atomic E-state index is 0.125. The first-order valence-electron chi connectivity index (χ1n) is 7.70. The second-order valence-corrected chi connectivity index (χ2v) is 6.16. The van der Waals surface area contributed by atoms with Gasteiger partial charge in [-0.05, 0) is 62.4 Å². The second-order valence-electron chi connectivity index (χ2n) is 6.16. The van der Waals surface area contributed by atoms with Crippen LogP contribution in [0.1, 0.15) is 49.7 Å². The van der Waals surface area contributed by atoms with E-state index in [4.69, 9.17) is 0 Å². The van der Waals surface area contributed by atoms with Crippen LogP contribution in [0, 0.1) is 5.82 Å². The summed E-state index contributed by atoms with van der Waals surface area (Å²) >= 11 is 0. The molecule has 1 fully saturated rings. The molecule has 0 spiro atoms. The maximum Gasteiger partial charge on any atom is 0.145 e. The smallest absolute Gasteiger partial charge is 0.145 e. The second kappa shape index (κ2) is 5.95. The highest BCUT2D eigenvalue weighted by molar-refractivity contribution is 5.56. The average Bonchev–Trinajstić information content (AvgIpc) is 2.48. The molecule has 0 atom stereocenters. The van der Waals surface area contributed by atoms with Crippen LogP contribution in [0.3, 0.4) is 0 Å². The normalized spacial score (nSPS) is 16.1. The Morgan fingerprint density at radius 2 is 2.09 bits per heavy atom. The molecule has 22 heavy (non-hydrogen) atoms. The first-order valence-corrected chi connectivity index (χ1v) is 7.70. The van der Waals surface area contributed by atoms with Crippen LogP contribution >= 0.6 is 0 Å². The molecule has 1 saturated carbocycles. The van der Waals surface area contributed by atoms with E-state index in [1.165, 1.54) is 6.07 Å². The molecule has 114 valence electrons. The van der Waals surface area contributed by atoms with Gasteiger partial charge in [-0.3, -0.25) is 4.98 Å². The van der Waals surface area contributed by atoms with Crippen molar-refractivity contribution >= 4 is 5.57 Å². The largest absolute Gasteiger partial charge is 0.258 e. The van der Waals surface area contributed by atoms with Crippen molar-refractivity contribution in [2.45, 2.75) is 44.4 Å². The van der Waals surface area contributed by atoms with E-state index in [1.807, 2.05) is 19.1 Å².